The topological polar surface area (TPSA) is 47.8 Å². The van der Waals surface area contributed by atoms with Crippen LogP contribution in [-0.4, -0.2) is 32.3 Å². The minimum atomic E-state index is -1.51. The Morgan fingerprint density at radius 2 is 2.06 bits per heavy atom. The first kappa shape index (κ1) is 14.2. The summed E-state index contributed by atoms with van der Waals surface area (Å²) < 4.78 is -0.309. The van der Waals surface area contributed by atoms with Crippen LogP contribution in [0.5, 0.6) is 0 Å². The summed E-state index contributed by atoms with van der Waals surface area (Å²) in [5.41, 5.74) is -0.930. The van der Waals surface area contributed by atoms with E-state index in [9.17, 15) is 4.79 Å². The van der Waals surface area contributed by atoms with Crippen LogP contribution < -0.4 is 0 Å². The second-order valence-corrected chi connectivity index (χ2v) is 6.22. The van der Waals surface area contributed by atoms with Crippen LogP contribution in [0.15, 0.2) is 12.7 Å². The lowest BCUT2D eigenvalue weighted by atomic mass is 9.90. The zero-order valence-corrected chi connectivity index (χ0v) is 12.2. The van der Waals surface area contributed by atoms with Gasteiger partial charge < -0.3 is 0 Å². The van der Waals surface area contributed by atoms with Gasteiger partial charge in [0.1, 0.15) is 12.7 Å². The second-order valence-electron chi connectivity index (χ2n) is 3.54. The molecule has 1 heterocycles. The van der Waals surface area contributed by atoms with E-state index < -0.39 is 9.32 Å². The predicted molar refractivity (Wildman–Crippen MR) is 67.3 cm³/mol. The summed E-state index contributed by atoms with van der Waals surface area (Å²) >= 11 is 20.7. The number of alkyl halides is 4. The van der Waals surface area contributed by atoms with Gasteiger partial charge in [0.05, 0.1) is 5.41 Å². The highest BCUT2D eigenvalue weighted by atomic mass is 79.9. The summed E-state index contributed by atoms with van der Waals surface area (Å²) in [5.74, 6) is -0.217. The standard InChI is InChI=1S/C8H9BrCl3N3O/c1-7(2-10,3-11)6(16)8(9,12)15-5-13-4-14-15/h4-5H,2-3H2,1H3. The Hall–Kier alpha value is 0.160. The number of halogens is 4. The second kappa shape index (κ2) is 5.21. The first-order valence-corrected chi connectivity index (χ1v) is 6.52. The van der Waals surface area contributed by atoms with E-state index in [4.69, 9.17) is 34.8 Å². The normalized spacial score (nSPS) is 15.8. The van der Waals surface area contributed by atoms with Crippen LogP contribution in [0.3, 0.4) is 0 Å². The molecule has 1 aromatic heterocycles. The number of carbonyl (C=O) groups is 1. The molecule has 0 radical (unpaired) electrons. The van der Waals surface area contributed by atoms with Gasteiger partial charge in [-0.2, -0.15) is 5.10 Å². The van der Waals surface area contributed by atoms with Crippen LogP contribution >= 0.6 is 50.7 Å². The Labute approximate surface area is 116 Å². The highest BCUT2D eigenvalue weighted by Crippen LogP contribution is 2.38. The van der Waals surface area contributed by atoms with E-state index in [1.54, 1.807) is 6.92 Å². The third kappa shape index (κ3) is 2.53. The van der Waals surface area contributed by atoms with E-state index in [1.807, 2.05) is 0 Å². The van der Waals surface area contributed by atoms with E-state index >= 15 is 0 Å². The molecule has 0 saturated carbocycles. The number of aromatic nitrogens is 3. The van der Waals surface area contributed by atoms with E-state index in [-0.39, 0.29) is 17.5 Å². The van der Waals surface area contributed by atoms with E-state index in [2.05, 4.69) is 26.0 Å². The lowest BCUT2D eigenvalue weighted by Crippen LogP contribution is -2.44. The van der Waals surface area contributed by atoms with Crippen LogP contribution in [0.1, 0.15) is 6.92 Å². The molecule has 0 N–H and O–H groups in total. The molecule has 90 valence electrons. The van der Waals surface area contributed by atoms with E-state index in [1.165, 1.54) is 17.3 Å². The fraction of sp³-hybridized carbons (Fsp3) is 0.625. The molecule has 0 amide bonds. The molecule has 0 aliphatic heterocycles. The number of Topliss-reactive ketones (excluding diaryl/α,β-unsaturated/α-hetero) is 1. The Morgan fingerprint density at radius 1 is 1.50 bits per heavy atom. The highest BCUT2D eigenvalue weighted by Gasteiger charge is 2.46. The molecule has 0 fully saturated rings. The summed E-state index contributed by atoms with van der Waals surface area (Å²) in [5, 5.41) is 3.81. The largest absolute Gasteiger partial charge is 0.294 e. The van der Waals surface area contributed by atoms with Gasteiger partial charge in [0.25, 0.3) is 3.91 Å². The maximum absolute atomic E-state index is 12.2. The average molecular weight is 349 g/mol. The zero-order chi connectivity index (χ0) is 12.4. The van der Waals surface area contributed by atoms with Crippen molar-refractivity contribution >= 4 is 56.5 Å². The van der Waals surface area contributed by atoms with Crippen molar-refractivity contribution in [1.82, 2.24) is 14.8 Å². The summed E-state index contributed by atoms with van der Waals surface area (Å²) in [6, 6.07) is 0. The molecule has 0 aromatic carbocycles. The summed E-state index contributed by atoms with van der Waals surface area (Å²) in [6.07, 6.45) is 2.62. The Bertz CT molecular complexity index is 365. The number of carbonyl (C=O) groups excluding carboxylic acids is 1. The molecule has 1 rings (SSSR count). The lowest BCUT2D eigenvalue weighted by molar-refractivity contribution is -0.128. The van der Waals surface area contributed by atoms with Crippen molar-refractivity contribution in [2.45, 2.75) is 10.8 Å². The molecular weight excluding hydrogens is 340 g/mol. The molecule has 4 nitrogen and oxygen atoms in total. The molecule has 1 aromatic rings. The SMILES string of the molecule is CC(CCl)(CCl)C(=O)C(Cl)(Br)n1cncn1. The van der Waals surface area contributed by atoms with Gasteiger partial charge in [-0.25, -0.2) is 9.67 Å². The predicted octanol–water partition coefficient (Wildman–Crippen LogP) is 2.58. The van der Waals surface area contributed by atoms with Gasteiger partial charge in [-0.3, -0.25) is 4.79 Å². The molecule has 0 saturated heterocycles. The Kier molecular flexibility index (Phi) is 4.63. The summed E-state index contributed by atoms with van der Waals surface area (Å²) in [4.78, 5) is 15.9. The van der Waals surface area contributed by atoms with Crippen LogP contribution in [0.2, 0.25) is 0 Å². The van der Waals surface area contributed by atoms with Gasteiger partial charge in [0.15, 0.2) is 5.78 Å². The minimum Gasteiger partial charge on any atom is -0.294 e. The average Bonchev–Trinajstić information content (AvgIpc) is 2.81. The molecule has 0 aliphatic rings. The van der Waals surface area contributed by atoms with E-state index in [0.29, 0.717) is 0 Å². The van der Waals surface area contributed by atoms with Crippen molar-refractivity contribution in [2.75, 3.05) is 11.8 Å². The number of hydrogen-bond acceptors (Lipinski definition) is 3. The Balaban J connectivity index is 3.05. The molecule has 1 unspecified atom stereocenters. The summed E-state index contributed by atoms with van der Waals surface area (Å²) in [6.45, 7) is 1.64. The molecular formula is C8H9BrCl3N3O. The third-order valence-corrected chi connectivity index (χ3v) is 4.37. The fourth-order valence-electron chi connectivity index (χ4n) is 0.977. The van der Waals surface area contributed by atoms with Gasteiger partial charge in [0, 0.05) is 11.8 Å². The molecule has 0 aliphatic carbocycles. The highest BCUT2D eigenvalue weighted by molar-refractivity contribution is 9.10. The molecule has 1 atom stereocenters. The van der Waals surface area contributed by atoms with Gasteiger partial charge in [0.2, 0.25) is 0 Å². The maximum Gasteiger partial charge on any atom is 0.250 e. The lowest BCUT2D eigenvalue weighted by Gasteiger charge is -2.29. The molecule has 16 heavy (non-hydrogen) atoms. The summed E-state index contributed by atoms with van der Waals surface area (Å²) in [7, 11) is 0. The molecule has 0 spiro atoms. The van der Waals surface area contributed by atoms with Gasteiger partial charge in [-0.05, 0) is 15.9 Å². The smallest absolute Gasteiger partial charge is 0.250 e. The van der Waals surface area contributed by atoms with Crippen LogP contribution in [0.25, 0.3) is 0 Å². The van der Waals surface area contributed by atoms with Crippen molar-refractivity contribution in [3.63, 3.8) is 0 Å². The van der Waals surface area contributed by atoms with Crippen molar-refractivity contribution in [1.29, 1.82) is 0 Å². The van der Waals surface area contributed by atoms with Crippen molar-refractivity contribution in [3.8, 4) is 0 Å². The monoisotopic (exact) mass is 347 g/mol. The molecule has 0 bridgehead atoms. The first-order valence-electron chi connectivity index (χ1n) is 4.28. The minimum absolute atomic E-state index is 0.0735. The Morgan fingerprint density at radius 3 is 2.44 bits per heavy atom. The quantitative estimate of drug-likeness (QED) is 0.768. The van der Waals surface area contributed by atoms with Gasteiger partial charge in [-0.1, -0.05) is 18.5 Å². The third-order valence-electron chi connectivity index (χ3n) is 2.12. The van der Waals surface area contributed by atoms with E-state index in [0.717, 1.165) is 0 Å². The zero-order valence-electron chi connectivity index (χ0n) is 8.33. The van der Waals surface area contributed by atoms with Gasteiger partial charge in [-0.15, -0.1) is 23.2 Å². The van der Waals surface area contributed by atoms with Crippen molar-refractivity contribution < 1.29 is 4.79 Å². The number of rotatable bonds is 5. The molecule has 8 heteroatoms. The van der Waals surface area contributed by atoms with Crippen LogP contribution in [0.4, 0.5) is 0 Å². The number of hydrogen-bond donors (Lipinski definition) is 0. The van der Waals surface area contributed by atoms with Crippen LogP contribution in [0, 0.1) is 5.41 Å². The van der Waals surface area contributed by atoms with Crippen molar-refractivity contribution in [2.24, 2.45) is 5.41 Å². The van der Waals surface area contributed by atoms with Gasteiger partial charge >= 0.3 is 0 Å². The number of nitrogens with zero attached hydrogens (tertiary/aromatic N) is 3. The fourth-order valence-corrected chi connectivity index (χ4v) is 2.48. The van der Waals surface area contributed by atoms with Crippen LogP contribution in [-0.2, 0) is 8.70 Å². The number of ketones is 1. The first-order chi connectivity index (χ1) is 7.38. The maximum atomic E-state index is 12.2. The van der Waals surface area contributed by atoms with Crippen molar-refractivity contribution in [3.05, 3.63) is 12.7 Å².